The summed E-state index contributed by atoms with van der Waals surface area (Å²) in [5.41, 5.74) is 1.05. The van der Waals surface area contributed by atoms with Gasteiger partial charge in [-0.05, 0) is 43.2 Å². The molecule has 1 aliphatic heterocycles. The molecule has 0 atom stereocenters. The highest BCUT2D eigenvalue weighted by atomic mass is 32.2. The van der Waals surface area contributed by atoms with Gasteiger partial charge in [0.25, 0.3) is 5.91 Å². The van der Waals surface area contributed by atoms with Gasteiger partial charge < -0.3 is 4.74 Å². The minimum absolute atomic E-state index is 0.262. The number of ether oxygens (including phenoxy) is 1. The summed E-state index contributed by atoms with van der Waals surface area (Å²) in [7, 11) is -2.00. The number of anilines is 1. The van der Waals surface area contributed by atoms with Crippen molar-refractivity contribution >= 4 is 42.6 Å². The third-order valence-corrected chi connectivity index (χ3v) is 7.71. The van der Waals surface area contributed by atoms with Gasteiger partial charge in [-0.3, -0.25) is 10.1 Å². The first-order valence-corrected chi connectivity index (χ1v) is 11.6. The highest BCUT2D eigenvalue weighted by molar-refractivity contribution is 7.89. The number of carbonyl (C=O) groups excluding carboxylic acids is 1. The Hall–Kier alpha value is -2.49. The lowest BCUT2D eigenvalue weighted by Gasteiger charge is -2.25. The van der Waals surface area contributed by atoms with Gasteiger partial charge in [0, 0.05) is 13.1 Å². The molecule has 9 heteroatoms. The first kappa shape index (κ1) is 19.8. The highest BCUT2D eigenvalue weighted by Gasteiger charge is 2.26. The number of carbonyl (C=O) groups is 1. The number of benzene rings is 2. The maximum atomic E-state index is 12.9. The predicted octanol–water partition coefficient (Wildman–Crippen LogP) is 3.73. The summed E-state index contributed by atoms with van der Waals surface area (Å²) in [4.78, 5) is 17.2. The molecule has 2 heterocycles. The molecule has 7 nitrogen and oxygen atoms in total. The lowest BCUT2D eigenvalue weighted by atomic mass is 10.2. The van der Waals surface area contributed by atoms with Gasteiger partial charge in [-0.25, -0.2) is 13.4 Å². The van der Waals surface area contributed by atoms with Crippen molar-refractivity contribution in [2.75, 3.05) is 25.5 Å². The first-order chi connectivity index (χ1) is 14.0. The normalized spacial score (nSPS) is 15.3. The van der Waals surface area contributed by atoms with E-state index in [0.29, 0.717) is 39.8 Å². The number of hydrogen-bond acceptors (Lipinski definition) is 6. The molecule has 1 fully saturated rings. The fourth-order valence-electron chi connectivity index (χ4n) is 3.37. The molecule has 29 heavy (non-hydrogen) atoms. The molecule has 1 amide bonds. The molecule has 2 aromatic carbocycles. The molecule has 0 saturated carbocycles. The second-order valence-electron chi connectivity index (χ2n) is 6.77. The zero-order valence-electron chi connectivity index (χ0n) is 15.9. The van der Waals surface area contributed by atoms with E-state index in [-0.39, 0.29) is 10.8 Å². The number of sulfonamides is 1. The number of fused-ring (bicyclic) bond motifs is 1. The van der Waals surface area contributed by atoms with E-state index < -0.39 is 10.0 Å². The van der Waals surface area contributed by atoms with Crippen molar-refractivity contribution in [1.29, 1.82) is 0 Å². The number of aromatic nitrogens is 1. The number of methoxy groups -OCH3 is 1. The van der Waals surface area contributed by atoms with Crippen LogP contribution in [0.3, 0.4) is 0 Å². The average molecular weight is 432 g/mol. The summed E-state index contributed by atoms with van der Waals surface area (Å²) in [6.07, 6.45) is 2.84. The number of rotatable bonds is 5. The molecule has 0 bridgehead atoms. The van der Waals surface area contributed by atoms with Crippen LogP contribution in [0.2, 0.25) is 0 Å². The molecule has 152 valence electrons. The Morgan fingerprint density at radius 1 is 1.14 bits per heavy atom. The van der Waals surface area contributed by atoms with Crippen LogP contribution in [0.5, 0.6) is 5.75 Å². The van der Waals surface area contributed by atoms with Crippen LogP contribution in [0.15, 0.2) is 47.4 Å². The first-order valence-electron chi connectivity index (χ1n) is 9.34. The lowest BCUT2D eigenvalue weighted by Crippen LogP contribution is -2.35. The number of hydrogen-bond donors (Lipinski definition) is 1. The van der Waals surface area contributed by atoms with E-state index in [9.17, 15) is 13.2 Å². The van der Waals surface area contributed by atoms with E-state index in [1.165, 1.54) is 18.4 Å². The van der Waals surface area contributed by atoms with Crippen LogP contribution < -0.4 is 10.1 Å². The van der Waals surface area contributed by atoms with E-state index in [2.05, 4.69) is 10.3 Å². The molecule has 1 saturated heterocycles. The summed E-state index contributed by atoms with van der Waals surface area (Å²) in [6.45, 7) is 1.12. The zero-order chi connectivity index (χ0) is 20.4. The fraction of sp³-hybridized carbons (Fsp3) is 0.300. The topological polar surface area (TPSA) is 88.6 Å². The van der Waals surface area contributed by atoms with E-state index >= 15 is 0 Å². The minimum Gasteiger partial charge on any atom is -0.496 e. The van der Waals surface area contributed by atoms with Gasteiger partial charge in [0.2, 0.25) is 10.0 Å². The molecule has 1 N–H and O–H groups in total. The summed E-state index contributed by atoms with van der Waals surface area (Å²) >= 11 is 1.24. The number of nitrogens with zero attached hydrogens (tertiary/aromatic N) is 2. The second-order valence-corrected chi connectivity index (χ2v) is 9.74. The summed E-state index contributed by atoms with van der Waals surface area (Å²) in [6, 6.07) is 11.8. The molecule has 0 spiro atoms. The van der Waals surface area contributed by atoms with Crippen LogP contribution in [0, 0.1) is 0 Å². The Kier molecular flexibility index (Phi) is 5.53. The molecule has 1 aliphatic rings. The second kappa shape index (κ2) is 8.10. The average Bonchev–Trinajstić information content (AvgIpc) is 3.15. The standard InChI is InChI=1S/C20H21N3O4S2/c1-27-17-8-4-3-7-15(17)19(24)22-20-21-16-10-9-14(13-18(16)28-20)29(25,26)23-11-5-2-6-12-23/h3-4,7-10,13H,2,5-6,11-12H2,1H3,(H,21,22,24). The molecule has 4 rings (SSSR count). The van der Waals surface area contributed by atoms with Gasteiger partial charge in [0.15, 0.2) is 5.13 Å². The van der Waals surface area contributed by atoms with Gasteiger partial charge in [-0.2, -0.15) is 4.31 Å². The van der Waals surface area contributed by atoms with Crippen LogP contribution in [0.1, 0.15) is 29.6 Å². The van der Waals surface area contributed by atoms with Crippen molar-refractivity contribution in [1.82, 2.24) is 9.29 Å². The van der Waals surface area contributed by atoms with Crippen LogP contribution in [0.4, 0.5) is 5.13 Å². The zero-order valence-corrected chi connectivity index (χ0v) is 17.6. The van der Waals surface area contributed by atoms with Crippen molar-refractivity contribution in [3.63, 3.8) is 0 Å². The minimum atomic E-state index is -3.51. The molecule has 3 aromatic rings. The molecular formula is C20H21N3O4S2. The maximum Gasteiger partial charge on any atom is 0.261 e. The van der Waals surface area contributed by atoms with Crippen LogP contribution >= 0.6 is 11.3 Å². The van der Waals surface area contributed by atoms with Crippen molar-refractivity contribution < 1.29 is 17.9 Å². The van der Waals surface area contributed by atoms with Crippen LogP contribution in [-0.4, -0.2) is 43.8 Å². The van der Waals surface area contributed by atoms with Crippen molar-refractivity contribution in [3.05, 3.63) is 48.0 Å². The van der Waals surface area contributed by atoms with Gasteiger partial charge in [0.1, 0.15) is 5.75 Å². The number of para-hydroxylation sites is 1. The molecular weight excluding hydrogens is 410 g/mol. The molecule has 0 aliphatic carbocycles. The molecule has 0 unspecified atom stereocenters. The Balaban J connectivity index is 1.59. The van der Waals surface area contributed by atoms with Crippen molar-refractivity contribution in [2.45, 2.75) is 24.2 Å². The van der Waals surface area contributed by atoms with Gasteiger partial charge >= 0.3 is 0 Å². The number of thiazole rings is 1. The van der Waals surface area contributed by atoms with Crippen LogP contribution in [0.25, 0.3) is 10.2 Å². The Bertz CT molecular complexity index is 1150. The lowest BCUT2D eigenvalue weighted by molar-refractivity contribution is 0.102. The van der Waals surface area contributed by atoms with E-state index in [1.54, 1.807) is 46.8 Å². The van der Waals surface area contributed by atoms with Gasteiger partial charge in [-0.15, -0.1) is 0 Å². The largest absolute Gasteiger partial charge is 0.496 e. The van der Waals surface area contributed by atoms with Crippen LogP contribution in [-0.2, 0) is 10.0 Å². The van der Waals surface area contributed by atoms with Gasteiger partial charge in [0.05, 0.1) is 27.8 Å². The summed E-state index contributed by atoms with van der Waals surface area (Å²) in [5, 5.41) is 3.18. The number of nitrogens with one attached hydrogen (secondary N) is 1. The Labute approximate surface area is 173 Å². The highest BCUT2D eigenvalue weighted by Crippen LogP contribution is 2.30. The Morgan fingerprint density at radius 3 is 2.66 bits per heavy atom. The van der Waals surface area contributed by atoms with E-state index in [4.69, 9.17) is 4.74 Å². The predicted molar refractivity (Wildman–Crippen MR) is 113 cm³/mol. The number of piperidine rings is 1. The quantitative estimate of drug-likeness (QED) is 0.665. The third kappa shape index (κ3) is 3.98. The van der Waals surface area contributed by atoms with Crippen molar-refractivity contribution in [2.24, 2.45) is 0 Å². The fourth-order valence-corrected chi connectivity index (χ4v) is 5.89. The van der Waals surface area contributed by atoms with Gasteiger partial charge in [-0.1, -0.05) is 29.9 Å². The third-order valence-electron chi connectivity index (χ3n) is 4.88. The maximum absolute atomic E-state index is 12.9. The van der Waals surface area contributed by atoms with E-state index in [1.807, 2.05) is 0 Å². The Morgan fingerprint density at radius 2 is 1.90 bits per heavy atom. The SMILES string of the molecule is COc1ccccc1C(=O)Nc1nc2ccc(S(=O)(=O)N3CCCCC3)cc2s1. The molecule has 0 radical (unpaired) electrons. The van der Waals surface area contributed by atoms with Crippen molar-refractivity contribution in [3.8, 4) is 5.75 Å². The summed E-state index contributed by atoms with van der Waals surface area (Å²) in [5.74, 6) is 0.142. The van der Waals surface area contributed by atoms with E-state index in [0.717, 1.165) is 19.3 Å². The molecule has 1 aromatic heterocycles. The smallest absolute Gasteiger partial charge is 0.261 e. The monoisotopic (exact) mass is 431 g/mol. The number of amides is 1. The summed E-state index contributed by atoms with van der Waals surface area (Å²) < 4.78 is 33.3.